The fourth-order valence-electron chi connectivity index (χ4n) is 2.87. The van der Waals surface area contributed by atoms with E-state index in [9.17, 15) is 17.6 Å². The minimum absolute atomic E-state index is 0.0455. The lowest BCUT2D eigenvalue weighted by molar-refractivity contribution is -0.139. The zero-order valence-corrected chi connectivity index (χ0v) is 17.1. The second kappa shape index (κ2) is 9.11. The maximum absolute atomic E-state index is 13.8. The van der Waals surface area contributed by atoms with Crippen LogP contribution in [0.25, 0.3) is 0 Å². The summed E-state index contributed by atoms with van der Waals surface area (Å²) in [7, 11) is 3.39. The highest BCUT2D eigenvalue weighted by Gasteiger charge is 2.34. The summed E-state index contributed by atoms with van der Waals surface area (Å²) in [6.45, 7) is 3.60. The monoisotopic (exact) mass is 416 g/mol. The molecule has 1 aromatic heterocycles. The van der Waals surface area contributed by atoms with Gasteiger partial charge in [0.1, 0.15) is 5.83 Å². The highest BCUT2D eigenvalue weighted by Crippen LogP contribution is 2.38. The van der Waals surface area contributed by atoms with E-state index in [1.54, 1.807) is 38.3 Å². The number of allylic oxidation sites excluding steroid dienone is 1. The van der Waals surface area contributed by atoms with Gasteiger partial charge in [0, 0.05) is 29.1 Å². The van der Waals surface area contributed by atoms with Crippen molar-refractivity contribution in [2.75, 3.05) is 20.6 Å². The second-order valence-corrected chi connectivity index (χ2v) is 7.96. The minimum atomic E-state index is -4.45. The third-order valence-electron chi connectivity index (χ3n) is 4.18. The van der Waals surface area contributed by atoms with Crippen LogP contribution >= 0.6 is 11.9 Å². The lowest BCUT2D eigenvalue weighted by atomic mass is 10.0. The lowest BCUT2D eigenvalue weighted by Gasteiger charge is -2.16. The van der Waals surface area contributed by atoms with Crippen molar-refractivity contribution in [3.63, 3.8) is 0 Å². The zero-order valence-electron chi connectivity index (χ0n) is 16.3. The van der Waals surface area contributed by atoms with Crippen LogP contribution in [-0.4, -0.2) is 34.7 Å². The maximum atomic E-state index is 13.8. The molecule has 0 aliphatic carbocycles. The molecule has 28 heavy (non-hydrogen) atoms. The Morgan fingerprint density at radius 1 is 1.29 bits per heavy atom. The van der Waals surface area contributed by atoms with Crippen LogP contribution in [-0.2, 0) is 19.1 Å². The summed E-state index contributed by atoms with van der Waals surface area (Å²) < 4.78 is 57.4. The van der Waals surface area contributed by atoms with Crippen LogP contribution < -0.4 is 5.73 Å². The summed E-state index contributed by atoms with van der Waals surface area (Å²) in [5.74, 6) is -0.399. The molecule has 154 valence electrons. The molecule has 1 heterocycles. The largest absolute Gasteiger partial charge is 0.417 e. The molecule has 0 unspecified atom stereocenters. The normalized spacial score (nSPS) is 12.9. The van der Waals surface area contributed by atoms with Gasteiger partial charge < -0.3 is 5.73 Å². The van der Waals surface area contributed by atoms with E-state index < -0.39 is 17.6 Å². The molecule has 0 amide bonds. The van der Waals surface area contributed by atoms with Crippen molar-refractivity contribution in [1.82, 2.24) is 14.1 Å². The number of hydrogen-bond donors (Lipinski definition) is 1. The van der Waals surface area contributed by atoms with Crippen LogP contribution in [0.5, 0.6) is 0 Å². The van der Waals surface area contributed by atoms with Gasteiger partial charge in [0.15, 0.2) is 0 Å². The molecule has 0 radical (unpaired) electrons. The lowest BCUT2D eigenvalue weighted by Crippen LogP contribution is -2.10. The van der Waals surface area contributed by atoms with Crippen molar-refractivity contribution in [3.8, 4) is 0 Å². The van der Waals surface area contributed by atoms with Gasteiger partial charge in [-0.15, -0.1) is 0 Å². The predicted molar refractivity (Wildman–Crippen MR) is 104 cm³/mol. The number of benzene rings is 1. The Kier molecular flexibility index (Phi) is 7.30. The third kappa shape index (κ3) is 5.59. The third-order valence-corrected chi connectivity index (χ3v) is 5.10. The molecule has 0 spiro atoms. The van der Waals surface area contributed by atoms with Crippen LogP contribution in [0, 0.1) is 13.8 Å². The van der Waals surface area contributed by atoms with Gasteiger partial charge in [0.05, 0.1) is 17.8 Å². The van der Waals surface area contributed by atoms with Crippen LogP contribution in [0.15, 0.2) is 35.0 Å². The smallest absolute Gasteiger partial charge is 0.327 e. The van der Waals surface area contributed by atoms with Crippen molar-refractivity contribution in [2.45, 2.75) is 37.9 Å². The van der Waals surface area contributed by atoms with Crippen LogP contribution in [0.4, 0.5) is 17.6 Å². The highest BCUT2D eigenvalue weighted by molar-refractivity contribution is 7.97. The number of nitrogens with two attached hydrogens (primary N) is 1. The number of aromatic nitrogens is 2. The number of halogens is 4. The first-order chi connectivity index (χ1) is 13.0. The molecular formula is C19H24F4N4S. The number of rotatable bonds is 7. The number of aryl methyl sites for hydroxylation is 1. The molecule has 0 aliphatic heterocycles. The fraction of sp³-hybridized carbons (Fsp3) is 0.421. The molecule has 2 aromatic rings. The summed E-state index contributed by atoms with van der Waals surface area (Å²) >= 11 is 1.03. The molecular weight excluding hydrogens is 392 g/mol. The first-order valence-electron chi connectivity index (χ1n) is 8.65. The van der Waals surface area contributed by atoms with E-state index in [0.29, 0.717) is 11.3 Å². The first kappa shape index (κ1) is 22.4. The molecule has 0 bridgehead atoms. The number of alkyl halides is 3. The van der Waals surface area contributed by atoms with E-state index in [1.165, 1.54) is 22.9 Å². The molecule has 2 rings (SSSR count). The maximum Gasteiger partial charge on any atom is 0.417 e. The standard InChI is InChI=1S/C19H24F4N4S/c1-12-16(13(2)27(25-12)11-15(20)7-8-24)9-14-5-6-18(28-26(3)4)17(10-14)19(21,22)23/h5-7,10H,8-9,11,24H2,1-4H3/b15-7-. The summed E-state index contributed by atoms with van der Waals surface area (Å²) in [6, 6.07) is 4.35. The zero-order chi connectivity index (χ0) is 21.1. The molecule has 0 atom stereocenters. The van der Waals surface area contributed by atoms with Crippen LogP contribution in [0.1, 0.15) is 28.1 Å². The van der Waals surface area contributed by atoms with Crippen molar-refractivity contribution >= 4 is 11.9 Å². The molecule has 2 N–H and O–H groups in total. The summed E-state index contributed by atoms with van der Waals surface area (Å²) in [5, 5.41) is 4.32. The topological polar surface area (TPSA) is 47.1 Å². The Morgan fingerprint density at radius 3 is 2.54 bits per heavy atom. The molecule has 0 saturated heterocycles. The molecule has 0 aliphatic rings. The van der Waals surface area contributed by atoms with Gasteiger partial charge in [0.25, 0.3) is 0 Å². The Bertz CT molecular complexity index is 856. The quantitative estimate of drug-likeness (QED) is 0.534. The Balaban J connectivity index is 2.35. The summed E-state index contributed by atoms with van der Waals surface area (Å²) in [6.07, 6.45) is -2.89. The van der Waals surface area contributed by atoms with Gasteiger partial charge in [0.2, 0.25) is 0 Å². The van der Waals surface area contributed by atoms with Gasteiger partial charge in [-0.05, 0) is 63.7 Å². The average molecular weight is 416 g/mol. The van der Waals surface area contributed by atoms with Gasteiger partial charge in [-0.2, -0.15) is 18.3 Å². The van der Waals surface area contributed by atoms with Crippen LogP contribution in [0.2, 0.25) is 0 Å². The Labute approximate surface area is 166 Å². The van der Waals surface area contributed by atoms with Gasteiger partial charge in [-0.3, -0.25) is 8.99 Å². The molecule has 0 fully saturated rings. The number of hydrogen-bond acceptors (Lipinski definition) is 4. The predicted octanol–water partition coefficient (Wildman–Crippen LogP) is 4.49. The molecule has 9 heteroatoms. The van der Waals surface area contributed by atoms with E-state index in [4.69, 9.17) is 5.73 Å². The summed E-state index contributed by atoms with van der Waals surface area (Å²) in [5.41, 5.74) is 7.35. The van der Waals surface area contributed by atoms with E-state index in [0.717, 1.165) is 23.2 Å². The van der Waals surface area contributed by atoms with Gasteiger partial charge >= 0.3 is 6.18 Å². The fourth-order valence-corrected chi connectivity index (χ4v) is 3.66. The van der Waals surface area contributed by atoms with E-state index in [1.807, 2.05) is 0 Å². The average Bonchev–Trinajstić information content (AvgIpc) is 2.82. The molecule has 1 aromatic carbocycles. The molecule has 0 saturated carbocycles. The van der Waals surface area contributed by atoms with Crippen molar-refractivity contribution in [3.05, 3.63) is 58.2 Å². The second-order valence-electron chi connectivity index (χ2n) is 6.60. The highest BCUT2D eigenvalue weighted by atomic mass is 32.2. The minimum Gasteiger partial charge on any atom is -0.327 e. The SMILES string of the molecule is Cc1nn(C/C(F)=C/CN)c(C)c1Cc1ccc(SN(C)C)c(C(F)(F)F)c1. The number of nitrogens with zero attached hydrogens (tertiary/aromatic N) is 3. The van der Waals surface area contributed by atoms with Gasteiger partial charge in [-0.25, -0.2) is 4.39 Å². The summed E-state index contributed by atoms with van der Waals surface area (Å²) in [4.78, 5) is 0.152. The first-order valence-corrected chi connectivity index (χ1v) is 9.43. The van der Waals surface area contributed by atoms with E-state index in [-0.39, 0.29) is 24.4 Å². The van der Waals surface area contributed by atoms with Gasteiger partial charge in [-0.1, -0.05) is 6.07 Å². The Morgan fingerprint density at radius 2 is 1.96 bits per heavy atom. The van der Waals surface area contributed by atoms with E-state index >= 15 is 0 Å². The van der Waals surface area contributed by atoms with Crippen LogP contribution in [0.3, 0.4) is 0 Å². The molecule has 4 nitrogen and oxygen atoms in total. The van der Waals surface area contributed by atoms with Crippen molar-refractivity contribution in [1.29, 1.82) is 0 Å². The van der Waals surface area contributed by atoms with Crippen molar-refractivity contribution < 1.29 is 17.6 Å². The van der Waals surface area contributed by atoms with Crippen molar-refractivity contribution in [2.24, 2.45) is 5.73 Å². The van der Waals surface area contributed by atoms with E-state index in [2.05, 4.69) is 5.10 Å². The Hall–Kier alpha value is -1.84.